The average Bonchev–Trinajstić information content (AvgIpc) is 2.65. The van der Waals surface area contributed by atoms with Gasteiger partial charge in [-0.2, -0.15) is 5.10 Å². The van der Waals surface area contributed by atoms with Crippen LogP contribution in [-0.4, -0.2) is 20.9 Å². The van der Waals surface area contributed by atoms with Crippen molar-refractivity contribution in [2.75, 3.05) is 0 Å². The lowest BCUT2D eigenvalue weighted by molar-refractivity contribution is 0.0696. The molecule has 0 aliphatic heterocycles. The maximum atomic E-state index is 14.2. The van der Waals surface area contributed by atoms with Crippen LogP contribution in [0.15, 0.2) is 18.2 Å². The van der Waals surface area contributed by atoms with E-state index in [1.54, 1.807) is 0 Å². The van der Waals surface area contributed by atoms with Gasteiger partial charge >= 0.3 is 5.97 Å². The van der Waals surface area contributed by atoms with Gasteiger partial charge in [0, 0.05) is 23.4 Å². The molecule has 1 aromatic carbocycles. The van der Waals surface area contributed by atoms with Crippen molar-refractivity contribution in [3.05, 3.63) is 41.0 Å². The minimum atomic E-state index is -1.13. The molecule has 106 valence electrons. The molecule has 0 saturated heterocycles. The van der Waals surface area contributed by atoms with Crippen molar-refractivity contribution in [1.29, 1.82) is 0 Å². The molecular weight excluding hydrogens is 259 g/mol. The van der Waals surface area contributed by atoms with E-state index in [2.05, 4.69) is 12.0 Å². The lowest BCUT2D eigenvalue weighted by Crippen LogP contribution is -2.01. The van der Waals surface area contributed by atoms with Crippen molar-refractivity contribution >= 4 is 5.97 Å². The standard InChI is InChI=1S/C15H17FN2O2/c1-4-7-18-10(3)14(9(2)17-18)12-6-5-11(15(19)20)8-13(12)16/h5-6,8H,4,7H2,1-3H3,(H,19,20). The summed E-state index contributed by atoms with van der Waals surface area (Å²) in [4.78, 5) is 10.8. The minimum Gasteiger partial charge on any atom is -0.478 e. The second-order valence-electron chi connectivity index (χ2n) is 4.77. The third-order valence-corrected chi connectivity index (χ3v) is 3.30. The lowest BCUT2D eigenvalue weighted by atomic mass is 10.0. The van der Waals surface area contributed by atoms with E-state index in [-0.39, 0.29) is 5.56 Å². The second kappa shape index (κ2) is 5.45. The highest BCUT2D eigenvalue weighted by Gasteiger charge is 2.17. The molecule has 0 atom stereocenters. The number of carboxylic acid groups (broad SMARTS) is 1. The number of rotatable bonds is 4. The molecule has 0 amide bonds. The van der Waals surface area contributed by atoms with Crippen molar-refractivity contribution in [3.8, 4) is 11.1 Å². The van der Waals surface area contributed by atoms with Crippen LogP contribution in [0.4, 0.5) is 4.39 Å². The summed E-state index contributed by atoms with van der Waals surface area (Å²) >= 11 is 0. The molecule has 20 heavy (non-hydrogen) atoms. The van der Waals surface area contributed by atoms with E-state index in [9.17, 15) is 9.18 Å². The van der Waals surface area contributed by atoms with Crippen molar-refractivity contribution in [1.82, 2.24) is 9.78 Å². The number of hydrogen-bond donors (Lipinski definition) is 1. The molecule has 0 spiro atoms. The predicted octanol–water partition coefficient (Wildman–Crippen LogP) is 3.41. The Bertz CT molecular complexity index is 662. The Kier molecular flexibility index (Phi) is 3.88. The van der Waals surface area contributed by atoms with Crippen molar-refractivity contribution in [2.45, 2.75) is 33.7 Å². The van der Waals surface area contributed by atoms with Crippen LogP contribution in [0.2, 0.25) is 0 Å². The van der Waals surface area contributed by atoms with Crippen LogP contribution in [0.5, 0.6) is 0 Å². The van der Waals surface area contributed by atoms with Gasteiger partial charge in [-0.1, -0.05) is 13.0 Å². The van der Waals surface area contributed by atoms with Gasteiger partial charge in [0.1, 0.15) is 5.82 Å². The van der Waals surface area contributed by atoms with E-state index in [4.69, 9.17) is 5.11 Å². The molecule has 0 aliphatic rings. The van der Waals surface area contributed by atoms with Gasteiger partial charge in [-0.25, -0.2) is 9.18 Å². The Balaban J connectivity index is 2.54. The third kappa shape index (κ3) is 2.43. The van der Waals surface area contributed by atoms with Gasteiger partial charge in [0.05, 0.1) is 11.3 Å². The third-order valence-electron chi connectivity index (χ3n) is 3.30. The first-order valence-electron chi connectivity index (χ1n) is 6.53. The maximum absolute atomic E-state index is 14.2. The second-order valence-corrected chi connectivity index (χ2v) is 4.77. The number of aryl methyl sites for hydroxylation is 2. The predicted molar refractivity (Wildman–Crippen MR) is 74.3 cm³/mol. The van der Waals surface area contributed by atoms with Gasteiger partial charge in [0.2, 0.25) is 0 Å². The highest BCUT2D eigenvalue weighted by Crippen LogP contribution is 2.29. The van der Waals surface area contributed by atoms with Crippen LogP contribution < -0.4 is 0 Å². The van der Waals surface area contributed by atoms with Crippen LogP contribution in [-0.2, 0) is 6.54 Å². The Morgan fingerprint density at radius 2 is 2.10 bits per heavy atom. The fraction of sp³-hybridized carbons (Fsp3) is 0.333. The number of aromatic nitrogens is 2. The van der Waals surface area contributed by atoms with Crippen LogP contribution in [0, 0.1) is 19.7 Å². The number of aromatic carboxylic acids is 1. The van der Waals surface area contributed by atoms with Crippen LogP contribution in [0.25, 0.3) is 11.1 Å². The van der Waals surface area contributed by atoms with Gasteiger partial charge in [0.25, 0.3) is 0 Å². The Morgan fingerprint density at radius 3 is 2.65 bits per heavy atom. The quantitative estimate of drug-likeness (QED) is 0.931. The molecule has 2 rings (SSSR count). The highest BCUT2D eigenvalue weighted by molar-refractivity contribution is 5.88. The Hall–Kier alpha value is -2.17. The zero-order valence-corrected chi connectivity index (χ0v) is 11.8. The molecule has 0 saturated carbocycles. The summed E-state index contributed by atoms with van der Waals surface area (Å²) in [6.07, 6.45) is 0.946. The largest absolute Gasteiger partial charge is 0.478 e. The molecule has 2 aromatic rings. The van der Waals surface area contributed by atoms with E-state index in [1.807, 2.05) is 18.5 Å². The fourth-order valence-electron chi connectivity index (χ4n) is 2.37. The fourth-order valence-corrected chi connectivity index (χ4v) is 2.37. The minimum absolute atomic E-state index is 0.0532. The SMILES string of the molecule is CCCn1nc(C)c(-c2ccc(C(=O)O)cc2F)c1C. The van der Waals surface area contributed by atoms with E-state index in [0.717, 1.165) is 36.0 Å². The average molecular weight is 276 g/mol. The van der Waals surface area contributed by atoms with Gasteiger partial charge in [0.15, 0.2) is 0 Å². The summed E-state index contributed by atoms with van der Waals surface area (Å²) < 4.78 is 16.0. The van der Waals surface area contributed by atoms with Gasteiger partial charge < -0.3 is 5.11 Å². The summed E-state index contributed by atoms with van der Waals surface area (Å²) in [5.41, 5.74) is 2.73. The van der Waals surface area contributed by atoms with E-state index in [1.165, 1.54) is 12.1 Å². The number of carbonyl (C=O) groups is 1. The number of benzene rings is 1. The molecule has 1 N–H and O–H groups in total. The maximum Gasteiger partial charge on any atom is 0.335 e. The number of halogens is 1. The number of carboxylic acids is 1. The topological polar surface area (TPSA) is 55.1 Å². The summed E-state index contributed by atoms with van der Waals surface area (Å²) in [7, 11) is 0. The van der Waals surface area contributed by atoms with Gasteiger partial charge in [-0.15, -0.1) is 0 Å². The molecule has 5 heteroatoms. The zero-order valence-electron chi connectivity index (χ0n) is 11.8. The van der Waals surface area contributed by atoms with E-state index >= 15 is 0 Å². The van der Waals surface area contributed by atoms with E-state index < -0.39 is 11.8 Å². The normalized spacial score (nSPS) is 10.8. The smallest absolute Gasteiger partial charge is 0.335 e. The zero-order chi connectivity index (χ0) is 14.9. The molecular formula is C15H17FN2O2. The van der Waals surface area contributed by atoms with Crippen molar-refractivity contribution < 1.29 is 14.3 Å². The van der Waals surface area contributed by atoms with Crippen molar-refractivity contribution in [3.63, 3.8) is 0 Å². The summed E-state index contributed by atoms with van der Waals surface area (Å²) in [6.45, 7) is 6.56. The van der Waals surface area contributed by atoms with Crippen LogP contribution in [0.1, 0.15) is 35.1 Å². The van der Waals surface area contributed by atoms with Crippen LogP contribution in [0.3, 0.4) is 0 Å². The molecule has 0 unspecified atom stereocenters. The molecule has 1 heterocycles. The first-order chi connectivity index (χ1) is 9.45. The molecule has 0 radical (unpaired) electrons. The molecule has 0 aliphatic carbocycles. The number of hydrogen-bond acceptors (Lipinski definition) is 2. The first-order valence-corrected chi connectivity index (χ1v) is 6.53. The van der Waals surface area contributed by atoms with Gasteiger partial charge in [-0.05, 0) is 32.4 Å². The molecule has 4 nitrogen and oxygen atoms in total. The lowest BCUT2D eigenvalue weighted by Gasteiger charge is -2.06. The Labute approximate surface area is 116 Å². The molecule has 0 fully saturated rings. The summed E-state index contributed by atoms with van der Waals surface area (Å²) in [6, 6.07) is 3.97. The molecule has 0 bridgehead atoms. The molecule has 1 aromatic heterocycles. The highest BCUT2D eigenvalue weighted by atomic mass is 19.1. The summed E-state index contributed by atoms with van der Waals surface area (Å²) in [5, 5.41) is 13.3. The number of nitrogens with zero attached hydrogens (tertiary/aromatic N) is 2. The van der Waals surface area contributed by atoms with Gasteiger partial charge in [-0.3, -0.25) is 4.68 Å². The summed E-state index contributed by atoms with van der Waals surface area (Å²) in [5.74, 6) is -1.67. The Morgan fingerprint density at radius 1 is 1.40 bits per heavy atom. The first kappa shape index (κ1) is 14.2. The van der Waals surface area contributed by atoms with Crippen LogP contribution >= 0.6 is 0 Å². The van der Waals surface area contributed by atoms with E-state index in [0.29, 0.717) is 5.56 Å². The monoisotopic (exact) mass is 276 g/mol. The van der Waals surface area contributed by atoms with Crippen molar-refractivity contribution in [2.24, 2.45) is 0 Å².